The molecule has 0 fully saturated rings. The summed E-state index contributed by atoms with van der Waals surface area (Å²) in [5.41, 5.74) is 1.17. The highest BCUT2D eigenvalue weighted by molar-refractivity contribution is 5.99. The van der Waals surface area contributed by atoms with Crippen molar-refractivity contribution in [3.05, 3.63) is 23.8 Å². The van der Waals surface area contributed by atoms with Crippen molar-refractivity contribution in [3.63, 3.8) is 0 Å². The highest BCUT2D eigenvalue weighted by atomic mass is 16.4. The lowest BCUT2D eigenvalue weighted by Gasteiger charge is -2.12. The van der Waals surface area contributed by atoms with Crippen LogP contribution in [0.2, 0.25) is 0 Å². The van der Waals surface area contributed by atoms with E-state index in [4.69, 9.17) is 10.2 Å². The summed E-state index contributed by atoms with van der Waals surface area (Å²) in [5, 5.41) is 29.6. The predicted molar refractivity (Wildman–Crippen MR) is 65.0 cm³/mol. The van der Waals surface area contributed by atoms with Crippen molar-refractivity contribution in [3.8, 4) is 0 Å². The maximum absolute atomic E-state index is 11.9. The summed E-state index contributed by atoms with van der Waals surface area (Å²) in [6, 6.07) is 2.92. The van der Waals surface area contributed by atoms with Gasteiger partial charge in [0.05, 0.1) is 6.42 Å². The lowest BCUT2D eigenvalue weighted by Crippen LogP contribution is -2.42. The number of hydrogen-bond acceptors (Lipinski definition) is 5. The highest BCUT2D eigenvalue weighted by Gasteiger charge is 2.23. The Morgan fingerprint density at radius 1 is 1.20 bits per heavy atom. The predicted octanol–water partition coefficient (Wildman–Crippen LogP) is -0.384. The number of carbonyl (C=O) groups excluding carboxylic acids is 1. The molecule has 0 aliphatic carbocycles. The number of H-pyrrole nitrogens is 1. The molecule has 20 heavy (non-hydrogen) atoms. The normalized spacial score (nSPS) is 12.0. The molecule has 0 bridgehead atoms. The van der Waals surface area contributed by atoms with Crippen LogP contribution in [-0.4, -0.2) is 49.5 Å². The molecule has 2 rings (SSSR count). The zero-order valence-corrected chi connectivity index (χ0v) is 10.0. The van der Waals surface area contributed by atoms with Crippen molar-refractivity contribution in [2.24, 2.45) is 0 Å². The second-order valence-corrected chi connectivity index (χ2v) is 3.99. The van der Waals surface area contributed by atoms with E-state index in [1.165, 1.54) is 12.1 Å². The topological polar surface area (TPSA) is 145 Å². The number of carboxylic acid groups (broad SMARTS) is 2. The average molecular weight is 278 g/mol. The lowest BCUT2D eigenvalue weighted by molar-refractivity contribution is -0.145. The van der Waals surface area contributed by atoms with E-state index in [0.717, 1.165) is 0 Å². The third kappa shape index (κ3) is 2.88. The van der Waals surface area contributed by atoms with Crippen LogP contribution in [0.25, 0.3) is 11.0 Å². The molecule has 0 saturated heterocycles. The Balaban J connectivity index is 2.17. The molecule has 0 aliphatic heterocycles. The van der Waals surface area contributed by atoms with Crippen LogP contribution >= 0.6 is 0 Å². The first-order chi connectivity index (χ1) is 9.47. The number of amides is 1. The van der Waals surface area contributed by atoms with Crippen molar-refractivity contribution < 1.29 is 24.6 Å². The van der Waals surface area contributed by atoms with E-state index in [1.807, 2.05) is 0 Å². The Hall–Kier alpha value is -2.97. The van der Waals surface area contributed by atoms with Crippen LogP contribution in [0.15, 0.2) is 18.2 Å². The number of fused-ring (bicyclic) bond motifs is 1. The van der Waals surface area contributed by atoms with E-state index < -0.39 is 30.3 Å². The van der Waals surface area contributed by atoms with Gasteiger partial charge in [-0.25, -0.2) is 4.79 Å². The smallest absolute Gasteiger partial charge is 0.326 e. The fraction of sp³-hybridized carbons (Fsp3) is 0.182. The van der Waals surface area contributed by atoms with E-state index in [1.54, 1.807) is 6.07 Å². The quantitative estimate of drug-likeness (QED) is 0.582. The van der Waals surface area contributed by atoms with Gasteiger partial charge in [0.25, 0.3) is 5.91 Å². The SMILES string of the molecule is O=C(O)CC(NC(=O)c1ccc2n[nH]nc2c1)C(=O)O. The summed E-state index contributed by atoms with van der Waals surface area (Å²) in [4.78, 5) is 33.3. The number of carbonyl (C=O) groups is 3. The van der Waals surface area contributed by atoms with Crippen molar-refractivity contribution in [2.45, 2.75) is 12.5 Å². The Bertz CT molecular complexity index is 680. The van der Waals surface area contributed by atoms with Crippen LogP contribution in [0, 0.1) is 0 Å². The van der Waals surface area contributed by atoms with Crippen LogP contribution in [0.5, 0.6) is 0 Å². The summed E-state index contributed by atoms with van der Waals surface area (Å²) >= 11 is 0. The molecule has 4 N–H and O–H groups in total. The molecular weight excluding hydrogens is 268 g/mol. The number of benzene rings is 1. The van der Waals surface area contributed by atoms with Crippen molar-refractivity contribution in [2.75, 3.05) is 0 Å². The second-order valence-electron chi connectivity index (χ2n) is 3.99. The fourth-order valence-corrected chi connectivity index (χ4v) is 1.60. The Labute approximate surface area is 111 Å². The molecule has 0 aliphatic rings. The second kappa shape index (κ2) is 5.34. The summed E-state index contributed by atoms with van der Waals surface area (Å²) in [5.74, 6) is -3.42. The van der Waals surface area contributed by atoms with Gasteiger partial charge in [-0.1, -0.05) is 0 Å². The first kappa shape index (κ1) is 13.5. The van der Waals surface area contributed by atoms with Crippen molar-refractivity contribution in [1.82, 2.24) is 20.7 Å². The Morgan fingerprint density at radius 3 is 2.55 bits per heavy atom. The molecule has 104 valence electrons. The number of aromatic amines is 1. The number of nitrogens with zero attached hydrogens (tertiary/aromatic N) is 2. The van der Waals surface area contributed by atoms with Crippen LogP contribution < -0.4 is 5.32 Å². The Morgan fingerprint density at radius 2 is 1.90 bits per heavy atom. The lowest BCUT2D eigenvalue weighted by atomic mass is 10.1. The minimum absolute atomic E-state index is 0.169. The number of hydrogen-bond donors (Lipinski definition) is 4. The number of carboxylic acids is 2. The van der Waals surface area contributed by atoms with Crippen LogP contribution in [-0.2, 0) is 9.59 Å². The maximum Gasteiger partial charge on any atom is 0.326 e. The summed E-state index contributed by atoms with van der Waals surface area (Å²) in [7, 11) is 0. The molecule has 1 aromatic heterocycles. The van der Waals surface area contributed by atoms with E-state index in [0.29, 0.717) is 11.0 Å². The molecule has 0 saturated carbocycles. The van der Waals surface area contributed by atoms with E-state index in [-0.39, 0.29) is 5.56 Å². The van der Waals surface area contributed by atoms with Gasteiger partial charge in [0.1, 0.15) is 17.1 Å². The number of aliphatic carboxylic acids is 2. The number of aromatic nitrogens is 3. The first-order valence-electron chi connectivity index (χ1n) is 5.53. The monoisotopic (exact) mass is 278 g/mol. The molecule has 1 amide bonds. The molecule has 1 aromatic carbocycles. The first-order valence-corrected chi connectivity index (χ1v) is 5.53. The average Bonchev–Trinajstić information content (AvgIpc) is 2.84. The van der Waals surface area contributed by atoms with Gasteiger partial charge < -0.3 is 15.5 Å². The minimum atomic E-state index is -1.49. The van der Waals surface area contributed by atoms with Crippen molar-refractivity contribution in [1.29, 1.82) is 0 Å². The zero-order valence-electron chi connectivity index (χ0n) is 10.0. The third-order valence-corrected chi connectivity index (χ3v) is 2.56. The molecule has 9 nitrogen and oxygen atoms in total. The standard InChI is InChI=1S/C11H10N4O5/c16-9(17)4-8(11(19)20)12-10(18)5-1-2-6-7(3-5)14-15-13-6/h1-3,8H,4H2,(H,12,18)(H,16,17)(H,19,20)(H,13,14,15). The maximum atomic E-state index is 11.9. The van der Waals surface area contributed by atoms with Gasteiger partial charge in [-0.2, -0.15) is 15.4 Å². The zero-order chi connectivity index (χ0) is 14.7. The molecule has 1 unspecified atom stereocenters. The van der Waals surface area contributed by atoms with Crippen LogP contribution in [0.3, 0.4) is 0 Å². The van der Waals surface area contributed by atoms with Gasteiger partial charge >= 0.3 is 11.9 Å². The molecule has 0 radical (unpaired) electrons. The van der Waals surface area contributed by atoms with Crippen molar-refractivity contribution >= 4 is 28.9 Å². The summed E-state index contributed by atoms with van der Waals surface area (Å²) in [6.07, 6.45) is -0.701. The van der Waals surface area contributed by atoms with Crippen LogP contribution in [0.4, 0.5) is 0 Å². The third-order valence-electron chi connectivity index (χ3n) is 2.56. The number of nitrogens with one attached hydrogen (secondary N) is 2. The van der Waals surface area contributed by atoms with Gasteiger partial charge in [-0.3, -0.25) is 9.59 Å². The molecular formula is C11H10N4O5. The largest absolute Gasteiger partial charge is 0.481 e. The molecule has 2 aromatic rings. The van der Waals surface area contributed by atoms with Gasteiger partial charge in [-0.15, -0.1) is 0 Å². The summed E-state index contributed by atoms with van der Waals surface area (Å²) in [6.45, 7) is 0. The molecule has 1 heterocycles. The minimum Gasteiger partial charge on any atom is -0.481 e. The highest BCUT2D eigenvalue weighted by Crippen LogP contribution is 2.10. The molecule has 1 atom stereocenters. The van der Waals surface area contributed by atoms with E-state index in [9.17, 15) is 14.4 Å². The van der Waals surface area contributed by atoms with Gasteiger partial charge in [0.2, 0.25) is 0 Å². The number of rotatable bonds is 5. The molecule has 0 spiro atoms. The fourth-order valence-electron chi connectivity index (χ4n) is 1.60. The molecule has 9 heteroatoms. The van der Waals surface area contributed by atoms with Gasteiger partial charge in [0, 0.05) is 5.56 Å². The van der Waals surface area contributed by atoms with E-state index >= 15 is 0 Å². The summed E-state index contributed by atoms with van der Waals surface area (Å²) < 4.78 is 0. The van der Waals surface area contributed by atoms with Crippen LogP contribution in [0.1, 0.15) is 16.8 Å². The van der Waals surface area contributed by atoms with E-state index in [2.05, 4.69) is 20.7 Å². The van der Waals surface area contributed by atoms with Gasteiger partial charge in [0.15, 0.2) is 0 Å². The van der Waals surface area contributed by atoms with Gasteiger partial charge in [-0.05, 0) is 18.2 Å². The Kier molecular flexibility index (Phi) is 3.60.